The van der Waals surface area contributed by atoms with Crippen molar-refractivity contribution >= 4 is 21.2 Å². The summed E-state index contributed by atoms with van der Waals surface area (Å²) in [4.78, 5) is 11.4. The zero-order chi connectivity index (χ0) is 12.6. The number of sulfone groups is 1. The van der Waals surface area contributed by atoms with Crippen LogP contribution < -0.4 is 4.74 Å². The first-order valence-corrected chi connectivity index (χ1v) is 6.62. The van der Waals surface area contributed by atoms with E-state index in [4.69, 9.17) is 4.74 Å². The van der Waals surface area contributed by atoms with Crippen LogP contribution in [0.5, 0.6) is 5.75 Å². The first kappa shape index (κ1) is 11.9. The summed E-state index contributed by atoms with van der Waals surface area (Å²) in [5, 5.41) is 1.17. The van der Waals surface area contributed by atoms with Crippen LogP contribution in [0.4, 0.5) is 0 Å². The van der Waals surface area contributed by atoms with Crippen LogP contribution in [-0.4, -0.2) is 21.3 Å². The highest BCUT2D eigenvalue weighted by Gasteiger charge is 2.27. The van der Waals surface area contributed by atoms with Gasteiger partial charge in [0, 0.05) is 17.4 Å². The van der Waals surface area contributed by atoms with Crippen molar-refractivity contribution in [3.63, 3.8) is 0 Å². The number of allylic oxidation sites excluding steroid dienone is 1. The fraction of sp³-hybridized carbons (Fsp3) is 0.250. The lowest BCUT2D eigenvalue weighted by Gasteiger charge is -2.05. The van der Waals surface area contributed by atoms with E-state index in [1.165, 1.54) is 25.5 Å². The number of ketones is 1. The quantitative estimate of drug-likeness (QED) is 0.823. The standard InChI is InChI=1S/C12H12O4S/c1-8(13)5-9-7-17(14,15)12-4-3-10(16-2)6-11(9)12/h3-4,6-7H,5H2,1-2H3. The third-order valence-electron chi connectivity index (χ3n) is 2.58. The Balaban J connectivity index is 2.58. The Hall–Kier alpha value is -1.62. The summed E-state index contributed by atoms with van der Waals surface area (Å²) >= 11 is 0. The van der Waals surface area contributed by atoms with Gasteiger partial charge in [0.15, 0.2) is 0 Å². The minimum atomic E-state index is -3.40. The Morgan fingerprint density at radius 3 is 2.65 bits per heavy atom. The lowest BCUT2D eigenvalue weighted by molar-refractivity contribution is -0.116. The predicted octanol–water partition coefficient (Wildman–Crippen LogP) is 1.80. The normalized spacial score (nSPS) is 16.2. The number of methoxy groups -OCH3 is 1. The van der Waals surface area contributed by atoms with Gasteiger partial charge in [-0.05, 0) is 30.7 Å². The van der Waals surface area contributed by atoms with Crippen LogP contribution in [0.15, 0.2) is 28.5 Å². The molecule has 0 saturated carbocycles. The summed E-state index contributed by atoms with van der Waals surface area (Å²) in [6, 6.07) is 4.75. The van der Waals surface area contributed by atoms with Gasteiger partial charge in [-0.1, -0.05) is 0 Å². The molecule has 5 heteroatoms. The van der Waals surface area contributed by atoms with Crippen LogP contribution in [0.3, 0.4) is 0 Å². The van der Waals surface area contributed by atoms with Gasteiger partial charge in [-0.25, -0.2) is 8.42 Å². The van der Waals surface area contributed by atoms with Gasteiger partial charge in [0.1, 0.15) is 11.5 Å². The molecule has 0 saturated heterocycles. The van der Waals surface area contributed by atoms with E-state index in [0.29, 0.717) is 16.9 Å². The molecule has 1 aromatic carbocycles. The summed E-state index contributed by atoms with van der Waals surface area (Å²) in [6.45, 7) is 1.44. The monoisotopic (exact) mass is 252 g/mol. The molecule has 1 heterocycles. The summed E-state index contributed by atoms with van der Waals surface area (Å²) in [5.74, 6) is 0.512. The zero-order valence-corrected chi connectivity index (χ0v) is 10.4. The van der Waals surface area contributed by atoms with Crippen LogP contribution in [0.1, 0.15) is 18.9 Å². The number of hydrogen-bond acceptors (Lipinski definition) is 4. The molecule has 1 aliphatic heterocycles. The molecule has 17 heavy (non-hydrogen) atoms. The Morgan fingerprint density at radius 2 is 2.06 bits per heavy atom. The van der Waals surface area contributed by atoms with Crippen molar-refractivity contribution in [2.24, 2.45) is 0 Å². The molecule has 0 amide bonds. The van der Waals surface area contributed by atoms with Crippen LogP contribution in [-0.2, 0) is 14.6 Å². The van der Waals surface area contributed by atoms with E-state index in [1.54, 1.807) is 12.1 Å². The zero-order valence-electron chi connectivity index (χ0n) is 9.56. The van der Waals surface area contributed by atoms with Gasteiger partial charge < -0.3 is 4.74 Å². The average Bonchev–Trinajstić information content (AvgIpc) is 2.49. The first-order valence-electron chi connectivity index (χ1n) is 5.07. The summed E-state index contributed by atoms with van der Waals surface area (Å²) in [6.07, 6.45) is 0.124. The number of rotatable bonds is 3. The van der Waals surface area contributed by atoms with Crippen LogP contribution in [0.25, 0.3) is 5.57 Å². The highest BCUT2D eigenvalue weighted by molar-refractivity contribution is 7.95. The fourth-order valence-corrected chi connectivity index (χ4v) is 3.32. The highest BCUT2D eigenvalue weighted by Crippen LogP contribution is 2.37. The van der Waals surface area contributed by atoms with Gasteiger partial charge in [0.05, 0.1) is 12.0 Å². The minimum absolute atomic E-state index is 0.0675. The molecule has 0 bridgehead atoms. The molecule has 0 radical (unpaired) electrons. The van der Waals surface area contributed by atoms with Crippen molar-refractivity contribution in [3.8, 4) is 5.75 Å². The molecule has 1 aliphatic rings. The van der Waals surface area contributed by atoms with E-state index < -0.39 is 9.84 Å². The van der Waals surface area contributed by atoms with Crippen LogP contribution >= 0.6 is 0 Å². The molecule has 0 aromatic heterocycles. The molecule has 0 unspecified atom stereocenters. The number of Topliss-reactive ketones (excluding diaryl/α,β-unsaturated/α-hetero) is 1. The topological polar surface area (TPSA) is 60.4 Å². The maximum Gasteiger partial charge on any atom is 0.200 e. The molecule has 0 aliphatic carbocycles. The van der Waals surface area contributed by atoms with Crippen molar-refractivity contribution in [3.05, 3.63) is 29.2 Å². The molecular weight excluding hydrogens is 240 g/mol. The number of fused-ring (bicyclic) bond motifs is 1. The molecule has 1 aromatic rings. The fourth-order valence-electron chi connectivity index (χ4n) is 1.85. The van der Waals surface area contributed by atoms with Gasteiger partial charge in [-0.2, -0.15) is 0 Å². The lowest BCUT2D eigenvalue weighted by atomic mass is 10.0. The summed E-state index contributed by atoms with van der Waals surface area (Å²) in [7, 11) is -1.88. The summed E-state index contributed by atoms with van der Waals surface area (Å²) < 4.78 is 28.7. The molecule has 0 atom stereocenters. The molecular formula is C12H12O4S. The second-order valence-electron chi connectivity index (χ2n) is 3.93. The number of carbonyl (C=O) groups excluding carboxylic acids is 1. The summed E-state index contributed by atoms with van der Waals surface area (Å²) in [5.41, 5.74) is 1.10. The molecule has 2 rings (SSSR count). The number of hydrogen-bond donors (Lipinski definition) is 0. The van der Waals surface area contributed by atoms with Gasteiger partial charge in [0.2, 0.25) is 9.84 Å². The van der Waals surface area contributed by atoms with Gasteiger partial charge in [0.25, 0.3) is 0 Å². The SMILES string of the molecule is COc1ccc2c(c1)C(CC(C)=O)=CS2(=O)=O. The van der Waals surface area contributed by atoms with E-state index in [-0.39, 0.29) is 17.1 Å². The molecule has 0 spiro atoms. The van der Waals surface area contributed by atoms with E-state index >= 15 is 0 Å². The van der Waals surface area contributed by atoms with E-state index in [0.717, 1.165) is 0 Å². The molecule has 0 N–H and O–H groups in total. The maximum atomic E-state index is 11.8. The van der Waals surface area contributed by atoms with E-state index in [9.17, 15) is 13.2 Å². The molecule has 90 valence electrons. The highest BCUT2D eigenvalue weighted by atomic mass is 32.2. The number of carbonyl (C=O) groups is 1. The Labute approximate surface area is 99.8 Å². The maximum absolute atomic E-state index is 11.8. The Bertz CT molecular complexity index is 611. The number of ether oxygens (including phenoxy) is 1. The third kappa shape index (κ3) is 2.10. The van der Waals surface area contributed by atoms with Crippen LogP contribution in [0.2, 0.25) is 0 Å². The first-order chi connectivity index (χ1) is 7.94. The van der Waals surface area contributed by atoms with Gasteiger partial charge in [-0.15, -0.1) is 0 Å². The average molecular weight is 252 g/mol. The van der Waals surface area contributed by atoms with Crippen molar-refractivity contribution in [1.29, 1.82) is 0 Å². The number of benzene rings is 1. The van der Waals surface area contributed by atoms with Crippen LogP contribution in [0, 0.1) is 0 Å². The molecule has 0 fully saturated rings. The minimum Gasteiger partial charge on any atom is -0.497 e. The Kier molecular flexibility index (Phi) is 2.79. The van der Waals surface area contributed by atoms with E-state index in [2.05, 4.69) is 0 Å². The third-order valence-corrected chi connectivity index (χ3v) is 4.14. The van der Waals surface area contributed by atoms with Crippen molar-refractivity contribution in [2.75, 3.05) is 7.11 Å². The van der Waals surface area contributed by atoms with Gasteiger partial charge >= 0.3 is 0 Å². The van der Waals surface area contributed by atoms with Crippen molar-refractivity contribution < 1.29 is 17.9 Å². The lowest BCUT2D eigenvalue weighted by Crippen LogP contribution is -1.95. The van der Waals surface area contributed by atoms with E-state index in [1.807, 2.05) is 0 Å². The van der Waals surface area contributed by atoms with Crippen molar-refractivity contribution in [2.45, 2.75) is 18.2 Å². The molecule has 4 nitrogen and oxygen atoms in total. The largest absolute Gasteiger partial charge is 0.497 e. The second-order valence-corrected chi connectivity index (χ2v) is 5.69. The second kappa shape index (κ2) is 4.00. The predicted molar refractivity (Wildman–Crippen MR) is 63.5 cm³/mol. The Morgan fingerprint density at radius 1 is 1.35 bits per heavy atom. The van der Waals surface area contributed by atoms with Crippen molar-refractivity contribution in [1.82, 2.24) is 0 Å². The smallest absolute Gasteiger partial charge is 0.200 e. The van der Waals surface area contributed by atoms with Gasteiger partial charge in [-0.3, -0.25) is 4.79 Å².